The molecular formula is C12H15F3N2O. The summed E-state index contributed by atoms with van der Waals surface area (Å²) in [5.41, 5.74) is 7.12. The molecule has 1 aromatic carbocycles. The SMILES string of the molecule is Cc1cccc(C(=O)NCCCC(F)(F)F)c1N. The summed E-state index contributed by atoms with van der Waals surface area (Å²) in [4.78, 5) is 11.7. The first-order valence-electron chi connectivity index (χ1n) is 5.51. The van der Waals surface area contributed by atoms with E-state index in [1.54, 1.807) is 25.1 Å². The van der Waals surface area contributed by atoms with Crippen LogP contribution in [-0.2, 0) is 0 Å². The van der Waals surface area contributed by atoms with E-state index in [9.17, 15) is 18.0 Å². The van der Waals surface area contributed by atoms with E-state index in [-0.39, 0.29) is 13.0 Å². The largest absolute Gasteiger partial charge is 0.398 e. The highest BCUT2D eigenvalue weighted by atomic mass is 19.4. The number of alkyl halides is 3. The zero-order valence-electron chi connectivity index (χ0n) is 9.97. The fraction of sp³-hybridized carbons (Fsp3) is 0.417. The van der Waals surface area contributed by atoms with Gasteiger partial charge in [-0.1, -0.05) is 12.1 Å². The van der Waals surface area contributed by atoms with Gasteiger partial charge in [-0.25, -0.2) is 0 Å². The fourth-order valence-electron chi connectivity index (χ4n) is 1.46. The van der Waals surface area contributed by atoms with E-state index in [1.165, 1.54) is 0 Å². The lowest BCUT2D eigenvalue weighted by Crippen LogP contribution is -2.26. The van der Waals surface area contributed by atoms with Crippen LogP contribution in [0.4, 0.5) is 18.9 Å². The maximum absolute atomic E-state index is 11.9. The monoisotopic (exact) mass is 260 g/mol. The molecule has 0 saturated carbocycles. The number of aryl methyl sites for hydroxylation is 1. The lowest BCUT2D eigenvalue weighted by molar-refractivity contribution is -0.135. The summed E-state index contributed by atoms with van der Waals surface area (Å²) in [5, 5.41) is 2.42. The molecule has 0 bridgehead atoms. The van der Waals surface area contributed by atoms with Crippen LogP contribution in [0.15, 0.2) is 18.2 Å². The zero-order chi connectivity index (χ0) is 13.8. The number of halogens is 3. The van der Waals surface area contributed by atoms with E-state index in [4.69, 9.17) is 5.73 Å². The summed E-state index contributed by atoms with van der Waals surface area (Å²) in [6.07, 6.45) is -5.23. The molecule has 0 aliphatic heterocycles. The van der Waals surface area contributed by atoms with Crippen LogP contribution in [0.25, 0.3) is 0 Å². The topological polar surface area (TPSA) is 55.1 Å². The van der Waals surface area contributed by atoms with Gasteiger partial charge < -0.3 is 11.1 Å². The van der Waals surface area contributed by atoms with Crippen molar-refractivity contribution in [3.8, 4) is 0 Å². The Morgan fingerprint density at radius 3 is 2.67 bits per heavy atom. The van der Waals surface area contributed by atoms with Gasteiger partial charge in [0.25, 0.3) is 5.91 Å². The Hall–Kier alpha value is -1.72. The van der Waals surface area contributed by atoms with Crippen LogP contribution >= 0.6 is 0 Å². The summed E-state index contributed by atoms with van der Waals surface area (Å²) in [7, 11) is 0. The van der Waals surface area contributed by atoms with E-state index in [1.807, 2.05) is 0 Å². The molecule has 0 spiro atoms. The molecule has 0 aromatic heterocycles. The van der Waals surface area contributed by atoms with Gasteiger partial charge in [-0.05, 0) is 25.0 Å². The number of nitrogens with one attached hydrogen (secondary N) is 1. The molecule has 100 valence electrons. The summed E-state index contributed by atoms with van der Waals surface area (Å²) >= 11 is 0. The van der Waals surface area contributed by atoms with Crippen molar-refractivity contribution < 1.29 is 18.0 Å². The van der Waals surface area contributed by atoms with Crippen molar-refractivity contribution in [2.24, 2.45) is 0 Å². The second-order valence-corrected chi connectivity index (χ2v) is 4.01. The maximum atomic E-state index is 11.9. The Kier molecular flexibility index (Phi) is 4.58. The van der Waals surface area contributed by atoms with Gasteiger partial charge in [0.1, 0.15) is 0 Å². The molecule has 0 unspecified atom stereocenters. The minimum Gasteiger partial charge on any atom is -0.398 e. The zero-order valence-corrected chi connectivity index (χ0v) is 9.97. The number of carbonyl (C=O) groups is 1. The summed E-state index contributed by atoms with van der Waals surface area (Å²) in [5.74, 6) is -0.446. The van der Waals surface area contributed by atoms with Gasteiger partial charge in [0, 0.05) is 18.7 Å². The maximum Gasteiger partial charge on any atom is 0.389 e. The Labute approximate surface area is 103 Å². The standard InChI is InChI=1S/C12H15F3N2O/c1-8-4-2-5-9(10(8)16)11(18)17-7-3-6-12(13,14)15/h2,4-5H,3,6-7,16H2,1H3,(H,17,18). The Morgan fingerprint density at radius 1 is 1.39 bits per heavy atom. The number of amides is 1. The number of rotatable bonds is 4. The fourth-order valence-corrected chi connectivity index (χ4v) is 1.46. The van der Waals surface area contributed by atoms with Crippen LogP contribution in [-0.4, -0.2) is 18.6 Å². The highest BCUT2D eigenvalue weighted by molar-refractivity contribution is 5.99. The van der Waals surface area contributed by atoms with Crippen LogP contribution < -0.4 is 11.1 Å². The highest BCUT2D eigenvalue weighted by Crippen LogP contribution is 2.21. The summed E-state index contributed by atoms with van der Waals surface area (Å²) in [6.45, 7) is 1.74. The first-order valence-corrected chi connectivity index (χ1v) is 5.51. The number of nitrogen functional groups attached to an aromatic ring is 1. The number of carbonyl (C=O) groups excluding carboxylic acids is 1. The average molecular weight is 260 g/mol. The Bertz CT molecular complexity index is 430. The van der Waals surface area contributed by atoms with Crippen LogP contribution in [0.3, 0.4) is 0 Å². The lowest BCUT2D eigenvalue weighted by Gasteiger charge is -2.10. The molecule has 3 nitrogen and oxygen atoms in total. The molecule has 1 rings (SSSR count). The molecule has 0 saturated heterocycles. The molecule has 3 N–H and O–H groups in total. The van der Waals surface area contributed by atoms with Gasteiger partial charge >= 0.3 is 6.18 Å². The molecule has 18 heavy (non-hydrogen) atoms. The van der Waals surface area contributed by atoms with E-state index in [0.29, 0.717) is 11.3 Å². The van der Waals surface area contributed by atoms with Crippen LogP contribution in [0.2, 0.25) is 0 Å². The van der Waals surface area contributed by atoms with Gasteiger partial charge in [0.2, 0.25) is 0 Å². The predicted molar refractivity (Wildman–Crippen MR) is 63.2 cm³/mol. The van der Waals surface area contributed by atoms with Gasteiger partial charge in [0.15, 0.2) is 0 Å². The number of para-hydroxylation sites is 1. The van der Waals surface area contributed by atoms with Gasteiger partial charge in [-0.3, -0.25) is 4.79 Å². The van der Waals surface area contributed by atoms with E-state index in [0.717, 1.165) is 5.56 Å². The Balaban J connectivity index is 2.49. The third-order valence-electron chi connectivity index (χ3n) is 2.49. The predicted octanol–water partition coefficient (Wildman–Crippen LogP) is 2.65. The van der Waals surface area contributed by atoms with Crippen molar-refractivity contribution >= 4 is 11.6 Å². The lowest BCUT2D eigenvalue weighted by atomic mass is 10.1. The average Bonchev–Trinajstić information content (AvgIpc) is 2.26. The number of benzene rings is 1. The Morgan fingerprint density at radius 2 is 2.06 bits per heavy atom. The quantitative estimate of drug-likeness (QED) is 0.646. The molecule has 0 fully saturated rings. The van der Waals surface area contributed by atoms with Crippen LogP contribution in [0.5, 0.6) is 0 Å². The number of hydrogen-bond acceptors (Lipinski definition) is 2. The minimum absolute atomic E-state index is 0.0221. The second kappa shape index (κ2) is 5.75. The van der Waals surface area contributed by atoms with Crippen molar-refractivity contribution in [1.82, 2.24) is 5.32 Å². The molecule has 6 heteroatoms. The number of hydrogen-bond donors (Lipinski definition) is 2. The molecule has 0 radical (unpaired) electrons. The molecule has 0 atom stereocenters. The normalized spacial score (nSPS) is 11.3. The van der Waals surface area contributed by atoms with Gasteiger partial charge in [-0.15, -0.1) is 0 Å². The van der Waals surface area contributed by atoms with Crippen LogP contribution in [0.1, 0.15) is 28.8 Å². The summed E-state index contributed by atoms with van der Waals surface area (Å²) < 4.78 is 35.7. The van der Waals surface area contributed by atoms with Gasteiger partial charge in [-0.2, -0.15) is 13.2 Å². The second-order valence-electron chi connectivity index (χ2n) is 4.01. The van der Waals surface area contributed by atoms with E-state index < -0.39 is 18.5 Å². The minimum atomic E-state index is -4.19. The van der Waals surface area contributed by atoms with Gasteiger partial charge in [0.05, 0.1) is 5.56 Å². The molecular weight excluding hydrogens is 245 g/mol. The smallest absolute Gasteiger partial charge is 0.389 e. The first kappa shape index (κ1) is 14.3. The molecule has 0 heterocycles. The highest BCUT2D eigenvalue weighted by Gasteiger charge is 2.26. The molecule has 1 amide bonds. The van der Waals surface area contributed by atoms with Crippen LogP contribution in [0, 0.1) is 6.92 Å². The molecule has 0 aliphatic rings. The van der Waals surface area contributed by atoms with Crippen molar-refractivity contribution in [2.45, 2.75) is 25.9 Å². The van der Waals surface area contributed by atoms with Crippen molar-refractivity contribution in [3.63, 3.8) is 0 Å². The summed E-state index contributed by atoms with van der Waals surface area (Å²) in [6, 6.07) is 4.98. The van der Waals surface area contributed by atoms with Crippen molar-refractivity contribution in [3.05, 3.63) is 29.3 Å². The molecule has 1 aromatic rings. The third kappa shape index (κ3) is 4.27. The first-order chi connectivity index (χ1) is 8.31. The van der Waals surface area contributed by atoms with E-state index >= 15 is 0 Å². The van der Waals surface area contributed by atoms with Crippen molar-refractivity contribution in [2.75, 3.05) is 12.3 Å². The molecule has 0 aliphatic carbocycles. The number of nitrogens with two attached hydrogens (primary N) is 1. The van der Waals surface area contributed by atoms with Crippen molar-refractivity contribution in [1.29, 1.82) is 0 Å². The third-order valence-corrected chi connectivity index (χ3v) is 2.49. The van der Waals surface area contributed by atoms with E-state index in [2.05, 4.69) is 5.32 Å². The number of anilines is 1.